The second kappa shape index (κ2) is 10.3. The summed E-state index contributed by atoms with van der Waals surface area (Å²) in [5, 5.41) is 14.3. The summed E-state index contributed by atoms with van der Waals surface area (Å²) in [5.74, 6) is 1.27. The fourth-order valence-corrected chi connectivity index (χ4v) is 3.01. The molecule has 2 fully saturated rings. The lowest BCUT2D eigenvalue weighted by Crippen LogP contribution is -2.36. The molecule has 0 unspecified atom stereocenters. The molecule has 7 nitrogen and oxygen atoms in total. The van der Waals surface area contributed by atoms with Crippen LogP contribution in [0.1, 0.15) is 41.6 Å². The summed E-state index contributed by atoms with van der Waals surface area (Å²) in [7, 11) is 0. The highest BCUT2D eigenvalue weighted by Gasteiger charge is 2.23. The van der Waals surface area contributed by atoms with Crippen molar-refractivity contribution in [2.45, 2.75) is 31.8 Å². The van der Waals surface area contributed by atoms with Crippen LogP contribution in [0.5, 0.6) is 11.5 Å². The van der Waals surface area contributed by atoms with Crippen molar-refractivity contribution >= 4 is 17.9 Å². The number of hydrogen-bond donors (Lipinski definition) is 3. The predicted octanol–water partition coefficient (Wildman–Crippen LogP) is 2.90. The van der Waals surface area contributed by atoms with Crippen LogP contribution in [0.15, 0.2) is 54.2 Å². The molecule has 0 saturated heterocycles. The molecule has 2 aliphatic rings. The van der Waals surface area contributed by atoms with Gasteiger partial charge in [-0.3, -0.25) is 9.59 Å². The number of carbonyl (C=O) groups excluding carboxylic acids is 2. The van der Waals surface area contributed by atoms with E-state index in [1.165, 1.54) is 12.8 Å². The highest BCUT2D eigenvalue weighted by molar-refractivity contribution is 6.05. The molecule has 0 aromatic heterocycles. The molecule has 0 spiro atoms. The third-order valence-electron chi connectivity index (χ3n) is 5.21. The van der Waals surface area contributed by atoms with Crippen molar-refractivity contribution in [3.8, 4) is 11.5 Å². The van der Waals surface area contributed by atoms with Crippen LogP contribution in [0.3, 0.4) is 0 Å². The van der Waals surface area contributed by atoms with Gasteiger partial charge in [0.25, 0.3) is 11.8 Å². The smallest absolute Gasteiger partial charge is 0.267 e. The van der Waals surface area contributed by atoms with E-state index in [1.54, 1.807) is 30.3 Å². The minimum absolute atomic E-state index is 0.0905. The first-order valence-electron chi connectivity index (χ1n) is 11.0. The molecule has 2 saturated carbocycles. The SMILES string of the molecule is O=C(NCCO)C(=Cc1ccc(OC2CC2)cc1)NC(=O)c1ccc(OCC2CC2)cc1. The number of rotatable bonds is 11. The zero-order valence-electron chi connectivity index (χ0n) is 17.9. The number of benzene rings is 2. The molecule has 0 aliphatic heterocycles. The fraction of sp³-hybridized carbons (Fsp3) is 0.360. The number of hydrogen-bond acceptors (Lipinski definition) is 5. The second-order valence-corrected chi connectivity index (χ2v) is 8.16. The number of amides is 2. The zero-order valence-corrected chi connectivity index (χ0v) is 17.9. The molecule has 2 aliphatic carbocycles. The molecule has 4 rings (SSSR count). The molecule has 7 heteroatoms. The third kappa shape index (κ3) is 6.59. The van der Waals surface area contributed by atoms with Crippen LogP contribution < -0.4 is 20.1 Å². The van der Waals surface area contributed by atoms with Crippen LogP contribution in [0, 0.1) is 5.92 Å². The summed E-state index contributed by atoms with van der Waals surface area (Å²) in [6.45, 7) is 0.601. The maximum atomic E-state index is 12.8. The van der Waals surface area contributed by atoms with E-state index in [2.05, 4.69) is 10.6 Å². The average Bonchev–Trinajstić information content (AvgIpc) is 3.73. The number of aliphatic hydroxyl groups excluding tert-OH is 1. The van der Waals surface area contributed by atoms with E-state index in [-0.39, 0.29) is 18.8 Å². The van der Waals surface area contributed by atoms with Gasteiger partial charge in [0, 0.05) is 12.1 Å². The molecule has 0 atom stereocenters. The molecule has 2 aromatic carbocycles. The Labute approximate surface area is 187 Å². The molecular formula is C25H28N2O5. The number of aliphatic hydroxyl groups is 1. The molecule has 0 heterocycles. The summed E-state index contributed by atoms with van der Waals surface area (Å²) in [4.78, 5) is 25.3. The van der Waals surface area contributed by atoms with Gasteiger partial charge in [-0.15, -0.1) is 0 Å². The van der Waals surface area contributed by atoms with Gasteiger partial charge in [-0.25, -0.2) is 0 Å². The Kier molecular flexibility index (Phi) is 7.07. The van der Waals surface area contributed by atoms with Gasteiger partial charge >= 0.3 is 0 Å². The zero-order chi connectivity index (χ0) is 22.3. The summed E-state index contributed by atoms with van der Waals surface area (Å²) < 4.78 is 11.4. The standard InChI is InChI=1S/C25H28N2O5/c28-14-13-26-25(30)23(15-17-3-7-21(8-4-17)32-22-11-12-22)27-24(29)19-5-9-20(10-6-19)31-16-18-1-2-18/h3-10,15,18,22,28H,1-2,11-14,16H2,(H,26,30)(H,27,29). The van der Waals surface area contributed by atoms with Gasteiger partial charge in [0.1, 0.15) is 17.2 Å². The lowest BCUT2D eigenvalue weighted by molar-refractivity contribution is -0.117. The molecule has 32 heavy (non-hydrogen) atoms. The molecular weight excluding hydrogens is 408 g/mol. The van der Waals surface area contributed by atoms with Crippen molar-refractivity contribution in [3.05, 3.63) is 65.4 Å². The molecule has 3 N–H and O–H groups in total. The average molecular weight is 437 g/mol. The lowest BCUT2D eigenvalue weighted by Gasteiger charge is -2.12. The quantitative estimate of drug-likeness (QED) is 0.471. The Balaban J connectivity index is 1.43. The summed E-state index contributed by atoms with van der Waals surface area (Å²) in [5.41, 5.74) is 1.25. The van der Waals surface area contributed by atoms with Crippen LogP contribution >= 0.6 is 0 Å². The van der Waals surface area contributed by atoms with Crippen molar-refractivity contribution in [1.29, 1.82) is 0 Å². The van der Waals surface area contributed by atoms with Gasteiger partial charge in [-0.05, 0) is 79.6 Å². The van der Waals surface area contributed by atoms with E-state index in [0.717, 1.165) is 29.9 Å². The Hall–Kier alpha value is -3.32. The third-order valence-corrected chi connectivity index (χ3v) is 5.21. The van der Waals surface area contributed by atoms with Crippen molar-refractivity contribution in [1.82, 2.24) is 10.6 Å². The van der Waals surface area contributed by atoms with Crippen LogP contribution in [0.4, 0.5) is 0 Å². The van der Waals surface area contributed by atoms with E-state index in [0.29, 0.717) is 24.2 Å². The Morgan fingerprint density at radius 1 is 0.969 bits per heavy atom. The number of carbonyl (C=O) groups is 2. The van der Waals surface area contributed by atoms with E-state index in [4.69, 9.17) is 14.6 Å². The monoisotopic (exact) mass is 436 g/mol. The van der Waals surface area contributed by atoms with E-state index in [1.807, 2.05) is 24.3 Å². The summed E-state index contributed by atoms with van der Waals surface area (Å²) in [6.07, 6.45) is 6.49. The Morgan fingerprint density at radius 2 is 1.66 bits per heavy atom. The van der Waals surface area contributed by atoms with E-state index < -0.39 is 11.8 Å². The van der Waals surface area contributed by atoms with Crippen LogP contribution in [-0.2, 0) is 4.79 Å². The largest absolute Gasteiger partial charge is 0.493 e. The Morgan fingerprint density at radius 3 is 2.28 bits per heavy atom. The number of nitrogens with one attached hydrogen (secondary N) is 2. The first-order valence-corrected chi connectivity index (χ1v) is 11.0. The maximum absolute atomic E-state index is 12.8. The molecule has 2 amide bonds. The maximum Gasteiger partial charge on any atom is 0.267 e. The minimum atomic E-state index is -0.477. The predicted molar refractivity (Wildman–Crippen MR) is 120 cm³/mol. The number of ether oxygens (including phenoxy) is 2. The Bertz CT molecular complexity index is 961. The summed E-state index contributed by atoms with van der Waals surface area (Å²) in [6, 6.07) is 14.2. The van der Waals surface area contributed by atoms with Crippen LogP contribution in [0.25, 0.3) is 6.08 Å². The molecule has 0 radical (unpaired) electrons. The van der Waals surface area contributed by atoms with Crippen LogP contribution in [0.2, 0.25) is 0 Å². The van der Waals surface area contributed by atoms with Gasteiger partial charge in [-0.1, -0.05) is 12.1 Å². The first kappa shape index (κ1) is 21.9. The molecule has 0 bridgehead atoms. The van der Waals surface area contributed by atoms with Gasteiger partial charge in [-0.2, -0.15) is 0 Å². The van der Waals surface area contributed by atoms with Gasteiger partial charge in [0.2, 0.25) is 0 Å². The van der Waals surface area contributed by atoms with Crippen molar-refractivity contribution in [3.63, 3.8) is 0 Å². The fourth-order valence-electron chi connectivity index (χ4n) is 3.01. The highest BCUT2D eigenvalue weighted by Crippen LogP contribution is 2.29. The van der Waals surface area contributed by atoms with Crippen LogP contribution in [-0.4, -0.2) is 42.8 Å². The first-order chi connectivity index (χ1) is 15.6. The van der Waals surface area contributed by atoms with E-state index >= 15 is 0 Å². The topological polar surface area (TPSA) is 96.9 Å². The van der Waals surface area contributed by atoms with Gasteiger partial charge in [0.05, 0.1) is 19.3 Å². The lowest BCUT2D eigenvalue weighted by atomic mass is 10.1. The van der Waals surface area contributed by atoms with Crippen molar-refractivity contribution < 1.29 is 24.2 Å². The molecule has 168 valence electrons. The molecule has 2 aromatic rings. The van der Waals surface area contributed by atoms with Crippen molar-refractivity contribution in [2.24, 2.45) is 5.92 Å². The van der Waals surface area contributed by atoms with E-state index in [9.17, 15) is 9.59 Å². The van der Waals surface area contributed by atoms with Crippen molar-refractivity contribution in [2.75, 3.05) is 19.8 Å². The van der Waals surface area contributed by atoms with Gasteiger partial charge < -0.3 is 25.2 Å². The minimum Gasteiger partial charge on any atom is -0.493 e. The van der Waals surface area contributed by atoms with Gasteiger partial charge in [0.15, 0.2) is 0 Å². The summed E-state index contributed by atoms with van der Waals surface area (Å²) >= 11 is 0. The second-order valence-electron chi connectivity index (χ2n) is 8.16. The normalized spacial score (nSPS) is 15.7. The highest BCUT2D eigenvalue weighted by atomic mass is 16.5.